The molecule has 0 heterocycles. The monoisotopic (exact) mass is 703 g/mol. The molecule has 0 aliphatic rings. The maximum Gasteiger partial charge on any atom is 0.129 e. The zero-order valence-electron chi connectivity index (χ0n) is 31.8. The summed E-state index contributed by atoms with van der Waals surface area (Å²) in [6, 6.07) is 36.0. The van der Waals surface area contributed by atoms with Gasteiger partial charge in [-0.05, 0) is 48.5 Å². The predicted octanol–water partition coefficient (Wildman–Crippen LogP) is 7.98. The average Bonchev–Trinajstić information content (AvgIpc) is 3.02. The molecule has 4 aromatic carbocycles. The highest BCUT2D eigenvalue weighted by atomic mass is 28.3. The molecular weight excluding hydrogens is 652 g/mol. The van der Waals surface area contributed by atoms with E-state index in [1.807, 2.05) is 0 Å². The van der Waals surface area contributed by atoms with Gasteiger partial charge in [-0.25, -0.2) is 0 Å². The van der Waals surface area contributed by atoms with Crippen molar-refractivity contribution in [2.75, 3.05) is 0 Å². The lowest BCUT2D eigenvalue weighted by atomic mass is 9.13. The molecule has 0 saturated heterocycles. The normalized spacial score (nSPS) is 11.8. The summed E-state index contributed by atoms with van der Waals surface area (Å²) >= 11 is 0. The first-order chi connectivity index (χ1) is 22.7. The highest BCUT2D eigenvalue weighted by Gasteiger charge is 2.32. The zero-order chi connectivity index (χ0) is 36.1. The molecule has 0 nitrogen and oxygen atoms in total. The first-order valence-electron chi connectivity index (χ1n) is 17.4. The van der Waals surface area contributed by atoms with E-state index in [0.717, 1.165) is 22.3 Å². The van der Waals surface area contributed by atoms with Crippen LogP contribution in [0.5, 0.6) is 0 Å². The van der Waals surface area contributed by atoms with Crippen LogP contribution in [-0.2, 0) is 0 Å². The van der Waals surface area contributed by atoms with E-state index in [1.54, 1.807) is 0 Å². The van der Waals surface area contributed by atoms with E-state index in [-0.39, 0.29) is 0 Å². The van der Waals surface area contributed by atoms with Crippen LogP contribution in [0.4, 0.5) is 0 Å². The number of benzene rings is 4. The first kappa shape index (κ1) is 37.9. The van der Waals surface area contributed by atoms with Gasteiger partial charge in [-0.15, -0.1) is 22.2 Å². The van der Waals surface area contributed by atoms with Crippen molar-refractivity contribution in [3.63, 3.8) is 0 Å². The minimum atomic E-state index is -1.58. The molecule has 0 N–H and O–H groups in total. The summed E-state index contributed by atoms with van der Waals surface area (Å²) in [5, 5.41) is 0. The van der Waals surface area contributed by atoms with Crippen molar-refractivity contribution < 1.29 is 0 Å². The Balaban J connectivity index is 2.02. The fraction of sp³-hybridized carbons (Fsp3) is 0.273. The summed E-state index contributed by atoms with van der Waals surface area (Å²) < 4.78 is 0. The SMILES string of the molecule is C[Si](C)(C)C#Cc1ccc([B-](c2ccc(C#C[Si](C)(C)C)cc2)(c2ccc(C#C[Si](C)(C)C)cc2)c2ccc(C#C[Si](C)(C)C)cc2)cc1. The number of rotatable bonds is 4. The molecule has 0 fully saturated rings. The molecule has 5 heteroatoms. The van der Waals surface area contributed by atoms with Crippen molar-refractivity contribution >= 4 is 60.3 Å². The van der Waals surface area contributed by atoms with E-state index in [4.69, 9.17) is 0 Å². The number of hydrogen-bond donors (Lipinski definition) is 0. The van der Waals surface area contributed by atoms with E-state index < -0.39 is 38.4 Å². The van der Waals surface area contributed by atoms with Gasteiger partial charge in [0.05, 0.1) is 0 Å². The highest BCUT2D eigenvalue weighted by molar-refractivity contribution is 7.19. The molecule has 0 unspecified atom stereocenters. The molecule has 0 aliphatic heterocycles. The van der Waals surface area contributed by atoms with Crippen LogP contribution in [0.3, 0.4) is 0 Å². The van der Waals surface area contributed by atoms with Crippen LogP contribution in [-0.4, -0.2) is 38.4 Å². The van der Waals surface area contributed by atoms with E-state index in [1.165, 1.54) is 21.9 Å². The minimum absolute atomic E-state index is 1.06. The maximum absolute atomic E-state index is 3.54. The van der Waals surface area contributed by atoms with Crippen molar-refractivity contribution in [3.05, 3.63) is 119 Å². The lowest BCUT2D eigenvalue weighted by Gasteiger charge is -2.44. The predicted molar refractivity (Wildman–Crippen MR) is 231 cm³/mol. The molecule has 0 radical (unpaired) electrons. The summed E-state index contributed by atoms with van der Waals surface area (Å²) in [6.45, 7) is 27.4. The van der Waals surface area contributed by atoms with E-state index in [0.29, 0.717) is 0 Å². The third-order valence-corrected chi connectivity index (χ3v) is 11.5. The summed E-state index contributed by atoms with van der Waals surface area (Å²) in [5.41, 5.74) is 23.4. The zero-order valence-corrected chi connectivity index (χ0v) is 35.8. The molecule has 0 bridgehead atoms. The van der Waals surface area contributed by atoms with Gasteiger partial charge in [0.15, 0.2) is 0 Å². The van der Waals surface area contributed by atoms with Crippen LogP contribution in [0.1, 0.15) is 22.3 Å². The van der Waals surface area contributed by atoms with Crippen LogP contribution in [0, 0.1) is 45.9 Å². The Morgan fingerprint density at radius 3 is 0.592 bits per heavy atom. The highest BCUT2D eigenvalue weighted by Crippen LogP contribution is 2.14. The Kier molecular flexibility index (Phi) is 11.5. The molecule has 0 spiro atoms. The smallest absolute Gasteiger partial charge is 0.129 e. The van der Waals surface area contributed by atoms with E-state index >= 15 is 0 Å². The van der Waals surface area contributed by atoms with E-state index in [9.17, 15) is 0 Å². The Labute approximate surface area is 302 Å². The van der Waals surface area contributed by atoms with Gasteiger partial charge in [0.2, 0.25) is 0 Å². The summed E-state index contributed by atoms with van der Waals surface area (Å²) in [5.74, 6) is 13.9. The Morgan fingerprint density at radius 1 is 0.286 bits per heavy atom. The fourth-order valence-corrected chi connectivity index (χ4v) is 7.69. The van der Waals surface area contributed by atoms with Gasteiger partial charge in [-0.1, -0.05) is 151 Å². The van der Waals surface area contributed by atoms with Gasteiger partial charge in [0, 0.05) is 22.3 Å². The maximum atomic E-state index is 3.54. The summed E-state index contributed by atoms with van der Waals surface area (Å²) in [7, 11) is -6.02. The lowest BCUT2D eigenvalue weighted by Crippen LogP contribution is -2.74. The van der Waals surface area contributed by atoms with Crippen molar-refractivity contribution in [2.24, 2.45) is 0 Å². The average molecular weight is 704 g/mol. The molecule has 4 aromatic rings. The fourth-order valence-electron chi connectivity index (χ4n) is 5.61. The van der Waals surface area contributed by atoms with Crippen molar-refractivity contribution in [3.8, 4) is 45.9 Å². The Morgan fingerprint density at radius 2 is 0.449 bits per heavy atom. The third kappa shape index (κ3) is 11.0. The third-order valence-electron chi connectivity index (χ3n) is 7.97. The van der Waals surface area contributed by atoms with E-state index in [2.05, 4.69) is 221 Å². The van der Waals surface area contributed by atoms with Gasteiger partial charge in [0.1, 0.15) is 38.4 Å². The van der Waals surface area contributed by atoms with Crippen LogP contribution >= 0.6 is 0 Å². The first-order valence-corrected chi connectivity index (χ1v) is 31.4. The standard InChI is InChI=1S/C44H52BSi4/c1-46(2,3)33-29-37-13-21-41(22-14-37)45(42-23-15-38(16-24-42)30-34-47(4,5)6,43-25-17-39(18-26-43)31-35-48(7,8)9)44-27-19-40(20-28-44)32-36-49(10,11)12/h13-28H,1-12H3/q-1. The van der Waals surface area contributed by atoms with Crippen LogP contribution in [0.15, 0.2) is 97.1 Å². The second-order valence-electron chi connectivity index (χ2n) is 17.4. The second kappa shape index (κ2) is 14.9. The van der Waals surface area contributed by atoms with Gasteiger partial charge in [-0.2, -0.15) is 21.9 Å². The largest absolute Gasteiger partial charge is 0.195 e. The van der Waals surface area contributed by atoms with Gasteiger partial charge in [-0.3, -0.25) is 0 Å². The molecule has 0 amide bonds. The van der Waals surface area contributed by atoms with Crippen molar-refractivity contribution in [1.29, 1.82) is 0 Å². The topological polar surface area (TPSA) is 0 Å². The molecule has 0 saturated carbocycles. The molecule has 0 aromatic heterocycles. The quantitative estimate of drug-likeness (QED) is 0.150. The minimum Gasteiger partial charge on any atom is -0.195 e. The second-order valence-corrected chi connectivity index (χ2v) is 36.4. The van der Waals surface area contributed by atoms with Crippen LogP contribution < -0.4 is 21.9 Å². The number of hydrogen-bond acceptors (Lipinski definition) is 0. The van der Waals surface area contributed by atoms with Gasteiger partial charge >= 0.3 is 0 Å². The summed E-state index contributed by atoms with van der Waals surface area (Å²) in [4.78, 5) is 0. The van der Waals surface area contributed by atoms with Gasteiger partial charge in [0.25, 0.3) is 0 Å². The molecule has 248 valence electrons. The van der Waals surface area contributed by atoms with Crippen molar-refractivity contribution in [2.45, 2.75) is 78.6 Å². The molecule has 0 aliphatic carbocycles. The lowest BCUT2D eigenvalue weighted by molar-refractivity contribution is 1.61. The van der Waals surface area contributed by atoms with Crippen LogP contribution in [0.25, 0.3) is 0 Å². The molecule has 49 heavy (non-hydrogen) atoms. The summed E-state index contributed by atoms with van der Waals surface area (Å²) in [6.07, 6.45) is -1.58. The van der Waals surface area contributed by atoms with Crippen molar-refractivity contribution in [1.82, 2.24) is 0 Å². The van der Waals surface area contributed by atoms with Gasteiger partial charge < -0.3 is 0 Å². The van der Waals surface area contributed by atoms with Crippen LogP contribution in [0.2, 0.25) is 78.6 Å². The Hall–Kier alpha value is -3.95. The molecule has 4 rings (SSSR count). The molecular formula is C44H52BSi4-. The Bertz CT molecular complexity index is 1710. The molecule has 0 atom stereocenters.